The number of ether oxygens (including phenoxy) is 1. The Labute approximate surface area is 195 Å². The molecule has 2 heterocycles. The van der Waals surface area contributed by atoms with Crippen molar-refractivity contribution in [3.63, 3.8) is 0 Å². The molecule has 0 spiro atoms. The third-order valence-corrected chi connectivity index (χ3v) is 7.16. The molecule has 1 unspecified atom stereocenters. The van der Waals surface area contributed by atoms with E-state index >= 15 is 0 Å². The Balaban J connectivity index is 1.36. The minimum atomic E-state index is -0.161. The molecule has 2 fully saturated rings. The highest BCUT2D eigenvalue weighted by molar-refractivity contribution is 6.05. The van der Waals surface area contributed by atoms with E-state index in [9.17, 15) is 9.59 Å². The first kappa shape index (κ1) is 21.8. The first-order chi connectivity index (χ1) is 16.0. The summed E-state index contributed by atoms with van der Waals surface area (Å²) < 4.78 is 5.34. The van der Waals surface area contributed by atoms with Crippen molar-refractivity contribution in [3.05, 3.63) is 48.0 Å². The molecular formula is C26H32N4O3. The van der Waals surface area contributed by atoms with Crippen LogP contribution in [0.4, 0.5) is 22.7 Å². The molecule has 7 heteroatoms. The molecule has 5 rings (SSSR count). The summed E-state index contributed by atoms with van der Waals surface area (Å²) in [6.07, 6.45) is 4.72. The van der Waals surface area contributed by atoms with Crippen LogP contribution in [0.2, 0.25) is 0 Å². The van der Waals surface area contributed by atoms with Crippen molar-refractivity contribution in [3.8, 4) is 0 Å². The maximum Gasteiger partial charge on any atom is 0.254 e. The van der Waals surface area contributed by atoms with E-state index in [2.05, 4.69) is 16.3 Å². The SMILES string of the molecule is CC1C(=O)N(C)c2ccc(Nc3ccc(C(=O)N4CCOCC4)cc3)cc2N1C1CCCC1. The number of morpholine rings is 1. The Morgan fingerprint density at radius 2 is 1.64 bits per heavy atom. The van der Waals surface area contributed by atoms with Crippen LogP contribution in [0.25, 0.3) is 0 Å². The largest absolute Gasteiger partial charge is 0.378 e. The molecule has 33 heavy (non-hydrogen) atoms. The summed E-state index contributed by atoms with van der Waals surface area (Å²) in [5, 5.41) is 3.48. The Bertz CT molecular complexity index is 1030. The first-order valence-corrected chi connectivity index (χ1v) is 12.0. The van der Waals surface area contributed by atoms with E-state index in [0.29, 0.717) is 37.9 Å². The highest BCUT2D eigenvalue weighted by Gasteiger charge is 2.38. The molecule has 7 nitrogen and oxygen atoms in total. The molecule has 0 radical (unpaired) electrons. The molecule has 1 saturated heterocycles. The van der Waals surface area contributed by atoms with Crippen molar-refractivity contribution in [2.24, 2.45) is 0 Å². The second kappa shape index (κ2) is 9.06. The average molecular weight is 449 g/mol. The molecule has 2 aliphatic heterocycles. The Morgan fingerprint density at radius 3 is 2.33 bits per heavy atom. The summed E-state index contributed by atoms with van der Waals surface area (Å²) in [5.74, 6) is 0.197. The number of hydrogen-bond donors (Lipinski definition) is 1. The van der Waals surface area contributed by atoms with Crippen LogP contribution >= 0.6 is 0 Å². The Morgan fingerprint density at radius 1 is 0.970 bits per heavy atom. The van der Waals surface area contributed by atoms with Gasteiger partial charge in [-0.1, -0.05) is 12.8 Å². The summed E-state index contributed by atoms with van der Waals surface area (Å²) >= 11 is 0. The second-order valence-corrected chi connectivity index (χ2v) is 9.23. The zero-order valence-electron chi connectivity index (χ0n) is 19.4. The van der Waals surface area contributed by atoms with E-state index in [-0.39, 0.29) is 17.9 Å². The number of likely N-dealkylation sites (N-methyl/N-ethyl adjacent to an activating group) is 1. The van der Waals surface area contributed by atoms with Crippen LogP contribution in [-0.4, -0.2) is 62.1 Å². The van der Waals surface area contributed by atoms with Gasteiger partial charge in [-0.05, 0) is 62.2 Å². The number of carbonyl (C=O) groups is 2. The lowest BCUT2D eigenvalue weighted by atomic mass is 10.0. The van der Waals surface area contributed by atoms with Gasteiger partial charge in [-0.3, -0.25) is 9.59 Å². The number of hydrogen-bond acceptors (Lipinski definition) is 5. The average Bonchev–Trinajstić information content (AvgIpc) is 3.38. The predicted molar refractivity (Wildman–Crippen MR) is 130 cm³/mol. The third-order valence-electron chi connectivity index (χ3n) is 7.16. The second-order valence-electron chi connectivity index (χ2n) is 9.23. The molecule has 2 aromatic rings. The molecule has 2 aromatic carbocycles. The zero-order chi connectivity index (χ0) is 22.9. The van der Waals surface area contributed by atoms with Crippen LogP contribution < -0.4 is 15.1 Å². The van der Waals surface area contributed by atoms with Gasteiger partial charge in [-0.2, -0.15) is 0 Å². The van der Waals surface area contributed by atoms with Crippen molar-refractivity contribution in [1.29, 1.82) is 0 Å². The smallest absolute Gasteiger partial charge is 0.254 e. The van der Waals surface area contributed by atoms with Crippen LogP contribution in [-0.2, 0) is 9.53 Å². The zero-order valence-corrected chi connectivity index (χ0v) is 19.4. The molecule has 174 valence electrons. The van der Waals surface area contributed by atoms with Gasteiger partial charge >= 0.3 is 0 Å². The van der Waals surface area contributed by atoms with E-state index in [1.165, 1.54) is 12.8 Å². The van der Waals surface area contributed by atoms with Gasteiger partial charge in [0.15, 0.2) is 0 Å². The van der Waals surface area contributed by atoms with E-state index < -0.39 is 0 Å². The fourth-order valence-electron chi connectivity index (χ4n) is 5.33. The molecule has 1 atom stereocenters. The van der Waals surface area contributed by atoms with Crippen LogP contribution in [0.5, 0.6) is 0 Å². The predicted octanol–water partition coefficient (Wildman–Crippen LogP) is 4.02. The molecule has 0 bridgehead atoms. The minimum Gasteiger partial charge on any atom is -0.378 e. The summed E-state index contributed by atoms with van der Waals surface area (Å²) in [6, 6.07) is 14.1. The summed E-state index contributed by atoms with van der Waals surface area (Å²) in [7, 11) is 1.86. The number of amides is 2. The lowest BCUT2D eigenvalue weighted by Gasteiger charge is -2.43. The van der Waals surface area contributed by atoms with Gasteiger partial charge in [0.25, 0.3) is 5.91 Å². The monoisotopic (exact) mass is 448 g/mol. The van der Waals surface area contributed by atoms with Crippen molar-refractivity contribution in [2.45, 2.75) is 44.7 Å². The lowest BCUT2D eigenvalue weighted by molar-refractivity contribution is -0.119. The van der Waals surface area contributed by atoms with Gasteiger partial charge < -0.3 is 24.8 Å². The van der Waals surface area contributed by atoms with Crippen molar-refractivity contribution in [1.82, 2.24) is 4.90 Å². The molecule has 2 amide bonds. The normalized spacial score (nSPS) is 21.3. The van der Waals surface area contributed by atoms with Gasteiger partial charge in [0.1, 0.15) is 6.04 Å². The van der Waals surface area contributed by atoms with Crippen LogP contribution in [0.15, 0.2) is 42.5 Å². The maximum absolute atomic E-state index is 12.9. The number of rotatable bonds is 4. The van der Waals surface area contributed by atoms with E-state index in [1.807, 2.05) is 55.3 Å². The molecule has 1 aliphatic carbocycles. The standard InChI is InChI=1S/C26H32N4O3/c1-18-25(31)28(2)23-12-11-21(17-24(23)30(18)22-5-3-4-6-22)27-20-9-7-19(8-10-20)26(32)29-13-15-33-16-14-29/h7-12,17-18,22,27H,3-6,13-16H2,1-2H3. The number of benzene rings is 2. The Hall–Kier alpha value is -3.06. The van der Waals surface area contributed by atoms with Gasteiger partial charge in [0.2, 0.25) is 5.91 Å². The number of nitrogens with zero attached hydrogens (tertiary/aromatic N) is 3. The highest BCUT2D eigenvalue weighted by Crippen LogP contribution is 2.42. The maximum atomic E-state index is 12.9. The van der Waals surface area contributed by atoms with E-state index in [4.69, 9.17) is 4.74 Å². The van der Waals surface area contributed by atoms with Crippen molar-refractivity contribution < 1.29 is 14.3 Å². The number of nitrogens with one attached hydrogen (secondary N) is 1. The van der Waals surface area contributed by atoms with Gasteiger partial charge in [-0.25, -0.2) is 0 Å². The van der Waals surface area contributed by atoms with Crippen LogP contribution in [0, 0.1) is 0 Å². The Kier molecular flexibility index (Phi) is 5.98. The summed E-state index contributed by atoms with van der Waals surface area (Å²) in [4.78, 5) is 31.5. The summed E-state index contributed by atoms with van der Waals surface area (Å²) in [6.45, 7) is 4.49. The van der Waals surface area contributed by atoms with Crippen LogP contribution in [0.3, 0.4) is 0 Å². The number of anilines is 4. The molecule has 3 aliphatic rings. The topological polar surface area (TPSA) is 65.1 Å². The van der Waals surface area contributed by atoms with Gasteiger partial charge in [0, 0.05) is 43.1 Å². The van der Waals surface area contributed by atoms with Crippen LogP contribution in [0.1, 0.15) is 43.0 Å². The fraction of sp³-hybridized carbons (Fsp3) is 0.462. The van der Waals surface area contributed by atoms with E-state index in [0.717, 1.165) is 35.6 Å². The number of fused-ring (bicyclic) bond motifs is 1. The molecule has 1 saturated carbocycles. The highest BCUT2D eigenvalue weighted by atomic mass is 16.5. The van der Waals surface area contributed by atoms with Gasteiger partial charge in [0.05, 0.1) is 24.6 Å². The summed E-state index contributed by atoms with van der Waals surface area (Å²) in [5.41, 5.74) is 4.66. The molecular weight excluding hydrogens is 416 g/mol. The van der Waals surface area contributed by atoms with Crippen molar-refractivity contribution in [2.75, 3.05) is 48.5 Å². The van der Waals surface area contributed by atoms with Gasteiger partial charge in [-0.15, -0.1) is 0 Å². The first-order valence-electron chi connectivity index (χ1n) is 12.0. The van der Waals surface area contributed by atoms with Crippen molar-refractivity contribution >= 4 is 34.6 Å². The fourth-order valence-corrected chi connectivity index (χ4v) is 5.33. The lowest BCUT2D eigenvalue weighted by Crippen LogP contribution is -2.54. The minimum absolute atomic E-state index is 0.0486. The molecule has 0 aromatic heterocycles. The van der Waals surface area contributed by atoms with E-state index in [1.54, 1.807) is 4.90 Å². The molecule has 1 N–H and O–H groups in total. The number of carbonyl (C=O) groups excluding carboxylic acids is 2. The third kappa shape index (κ3) is 4.17. The quantitative estimate of drug-likeness (QED) is 0.766.